The predicted octanol–water partition coefficient (Wildman–Crippen LogP) is 4.11. The number of hydrogen-bond acceptors (Lipinski definition) is 5. The first-order chi connectivity index (χ1) is 14.9. The first kappa shape index (κ1) is 21.6. The highest BCUT2D eigenvalue weighted by Gasteiger charge is 2.33. The van der Waals surface area contributed by atoms with Gasteiger partial charge in [-0.25, -0.2) is 9.79 Å². The summed E-state index contributed by atoms with van der Waals surface area (Å²) in [5.41, 5.74) is 2.22. The van der Waals surface area contributed by atoms with E-state index in [1.54, 1.807) is 42.7 Å². The number of nitrogens with zero attached hydrogens (tertiary/aromatic N) is 2. The Labute approximate surface area is 192 Å². The average Bonchev–Trinajstić information content (AvgIpc) is 3.05. The van der Waals surface area contributed by atoms with Crippen molar-refractivity contribution in [3.8, 4) is 0 Å². The molecule has 4 rings (SSSR count). The lowest BCUT2D eigenvalue weighted by atomic mass is 9.96. The van der Waals surface area contributed by atoms with Crippen molar-refractivity contribution in [2.45, 2.75) is 19.9 Å². The summed E-state index contributed by atoms with van der Waals surface area (Å²) in [5, 5.41) is 0.852. The van der Waals surface area contributed by atoms with Crippen LogP contribution < -0.4 is 14.9 Å². The van der Waals surface area contributed by atoms with E-state index in [1.165, 1.54) is 11.3 Å². The van der Waals surface area contributed by atoms with E-state index in [2.05, 4.69) is 4.99 Å². The van der Waals surface area contributed by atoms with E-state index in [4.69, 9.17) is 27.9 Å². The van der Waals surface area contributed by atoms with Gasteiger partial charge in [0.15, 0.2) is 4.80 Å². The van der Waals surface area contributed by atoms with E-state index in [0.717, 1.165) is 11.1 Å². The van der Waals surface area contributed by atoms with Gasteiger partial charge >= 0.3 is 5.97 Å². The van der Waals surface area contributed by atoms with Crippen LogP contribution in [0.25, 0.3) is 6.08 Å². The maximum absolute atomic E-state index is 13.4. The van der Waals surface area contributed by atoms with E-state index < -0.39 is 12.0 Å². The van der Waals surface area contributed by atoms with Crippen LogP contribution in [0.15, 0.2) is 69.6 Å². The zero-order chi connectivity index (χ0) is 22.1. The Morgan fingerprint density at radius 1 is 1.19 bits per heavy atom. The number of rotatable bonds is 4. The third kappa shape index (κ3) is 4.11. The summed E-state index contributed by atoms with van der Waals surface area (Å²) in [6.45, 7) is 3.74. The Bertz CT molecular complexity index is 1370. The van der Waals surface area contributed by atoms with Crippen molar-refractivity contribution in [2.24, 2.45) is 4.99 Å². The second-order valence-corrected chi connectivity index (χ2v) is 8.71. The first-order valence-corrected chi connectivity index (χ1v) is 11.2. The molecular weight excluding hydrogens is 455 g/mol. The lowest BCUT2D eigenvalue weighted by Gasteiger charge is -2.24. The Morgan fingerprint density at radius 2 is 1.94 bits per heavy atom. The molecule has 8 heteroatoms. The smallest absolute Gasteiger partial charge is 0.338 e. The fourth-order valence-electron chi connectivity index (χ4n) is 3.50. The number of ether oxygens (including phenoxy) is 1. The highest BCUT2D eigenvalue weighted by molar-refractivity contribution is 7.07. The first-order valence-electron chi connectivity index (χ1n) is 9.60. The molecule has 31 heavy (non-hydrogen) atoms. The monoisotopic (exact) mass is 472 g/mol. The second kappa shape index (κ2) is 8.83. The molecule has 2 aromatic carbocycles. The van der Waals surface area contributed by atoms with Crippen LogP contribution in [0.3, 0.4) is 0 Å². The molecule has 0 amide bonds. The van der Waals surface area contributed by atoms with Crippen molar-refractivity contribution < 1.29 is 9.53 Å². The third-order valence-corrected chi connectivity index (χ3v) is 6.60. The summed E-state index contributed by atoms with van der Waals surface area (Å²) in [5.74, 6) is -0.476. The van der Waals surface area contributed by atoms with Crippen LogP contribution in [0.1, 0.15) is 31.0 Å². The minimum Gasteiger partial charge on any atom is -0.463 e. The maximum Gasteiger partial charge on any atom is 0.338 e. The van der Waals surface area contributed by atoms with Crippen molar-refractivity contribution in [1.29, 1.82) is 0 Å². The van der Waals surface area contributed by atoms with E-state index in [-0.39, 0.29) is 12.2 Å². The van der Waals surface area contributed by atoms with Gasteiger partial charge in [0.2, 0.25) is 0 Å². The van der Waals surface area contributed by atoms with Crippen molar-refractivity contribution in [3.63, 3.8) is 0 Å². The number of aromatic nitrogens is 1. The number of allylic oxidation sites excluding steroid dienone is 1. The topological polar surface area (TPSA) is 60.7 Å². The van der Waals surface area contributed by atoms with Crippen molar-refractivity contribution >= 4 is 46.6 Å². The zero-order valence-electron chi connectivity index (χ0n) is 16.8. The minimum atomic E-state index is -0.618. The van der Waals surface area contributed by atoms with Crippen LogP contribution in [0.2, 0.25) is 10.0 Å². The van der Waals surface area contributed by atoms with Gasteiger partial charge in [-0.1, -0.05) is 70.9 Å². The second-order valence-electron chi connectivity index (χ2n) is 6.89. The number of esters is 1. The molecule has 0 spiro atoms. The number of benzene rings is 2. The number of halogens is 2. The maximum atomic E-state index is 13.4. The lowest BCUT2D eigenvalue weighted by molar-refractivity contribution is -0.139. The molecule has 1 aromatic heterocycles. The molecule has 1 aliphatic rings. The summed E-state index contributed by atoms with van der Waals surface area (Å²) < 4.78 is 7.32. The Kier molecular flexibility index (Phi) is 6.14. The van der Waals surface area contributed by atoms with Crippen LogP contribution >= 0.6 is 34.5 Å². The molecule has 5 nitrogen and oxygen atoms in total. The summed E-state index contributed by atoms with van der Waals surface area (Å²) in [6.07, 6.45) is 1.75. The van der Waals surface area contributed by atoms with E-state index in [1.807, 2.05) is 30.3 Å². The molecule has 0 aliphatic carbocycles. The Balaban J connectivity index is 1.95. The molecule has 1 atom stereocenters. The van der Waals surface area contributed by atoms with Crippen LogP contribution in [0, 0.1) is 0 Å². The highest BCUT2D eigenvalue weighted by Crippen LogP contribution is 2.30. The van der Waals surface area contributed by atoms with Gasteiger partial charge in [0.1, 0.15) is 0 Å². The van der Waals surface area contributed by atoms with Crippen molar-refractivity contribution in [3.05, 3.63) is 101 Å². The third-order valence-electron chi connectivity index (χ3n) is 4.87. The number of carbonyl (C=O) groups is 1. The molecule has 158 valence electrons. The molecule has 1 aliphatic heterocycles. The van der Waals surface area contributed by atoms with Gasteiger partial charge in [-0.15, -0.1) is 0 Å². The normalized spacial score (nSPS) is 16.1. The molecule has 0 bridgehead atoms. The molecule has 0 saturated carbocycles. The molecule has 1 unspecified atom stereocenters. The van der Waals surface area contributed by atoms with Gasteiger partial charge in [-0.05, 0) is 43.2 Å². The summed E-state index contributed by atoms with van der Waals surface area (Å²) in [4.78, 5) is 31.3. The fourth-order valence-corrected chi connectivity index (χ4v) is 4.85. The van der Waals surface area contributed by atoms with E-state index in [0.29, 0.717) is 30.6 Å². The standard InChI is InChI=1S/C23H18Cl2N2O3S/c1-3-30-22(29)19-13(2)26-23-27(20(19)15-7-5-4-6-8-15)21(28)18(31-23)12-14-9-10-16(24)17(25)11-14/h4-12,20H,3H2,1-2H3/b18-12+. The average molecular weight is 473 g/mol. The van der Waals surface area contributed by atoms with Crippen molar-refractivity contribution in [2.75, 3.05) is 6.61 Å². The Hall–Kier alpha value is -2.67. The molecule has 0 N–H and O–H groups in total. The van der Waals surface area contributed by atoms with Gasteiger partial charge in [-0.2, -0.15) is 0 Å². The van der Waals surface area contributed by atoms with Crippen LogP contribution in [0.4, 0.5) is 0 Å². The fraction of sp³-hybridized carbons (Fsp3) is 0.174. The number of carbonyl (C=O) groups excluding carboxylic acids is 1. The van der Waals surface area contributed by atoms with Crippen LogP contribution in [-0.4, -0.2) is 17.1 Å². The minimum absolute atomic E-state index is 0.235. The van der Waals surface area contributed by atoms with Crippen molar-refractivity contribution in [1.82, 2.24) is 4.57 Å². The molecule has 0 radical (unpaired) electrons. The highest BCUT2D eigenvalue weighted by atomic mass is 35.5. The molecule has 0 saturated heterocycles. The SMILES string of the molecule is CCOC(=O)C1=C(C)N=c2s/c(=C/c3ccc(Cl)c(Cl)c3)c(=O)n2C1c1ccccc1. The van der Waals surface area contributed by atoms with Crippen LogP contribution in [0.5, 0.6) is 0 Å². The van der Waals surface area contributed by atoms with Gasteiger partial charge in [-0.3, -0.25) is 9.36 Å². The summed E-state index contributed by atoms with van der Waals surface area (Å²) in [6, 6.07) is 14.0. The largest absolute Gasteiger partial charge is 0.463 e. The quantitative estimate of drug-likeness (QED) is 0.536. The summed E-state index contributed by atoms with van der Waals surface area (Å²) >= 11 is 13.4. The number of hydrogen-bond donors (Lipinski definition) is 0. The van der Waals surface area contributed by atoms with Gasteiger partial charge < -0.3 is 4.74 Å². The van der Waals surface area contributed by atoms with E-state index in [9.17, 15) is 9.59 Å². The number of thiazole rings is 1. The number of fused-ring (bicyclic) bond motifs is 1. The molecule has 3 aromatic rings. The van der Waals surface area contributed by atoms with Gasteiger partial charge in [0, 0.05) is 0 Å². The lowest BCUT2D eigenvalue weighted by Crippen LogP contribution is -2.39. The van der Waals surface area contributed by atoms with Gasteiger partial charge in [0.25, 0.3) is 5.56 Å². The Morgan fingerprint density at radius 3 is 2.61 bits per heavy atom. The zero-order valence-corrected chi connectivity index (χ0v) is 19.1. The molecular formula is C23H18Cl2N2O3S. The predicted molar refractivity (Wildman–Crippen MR) is 123 cm³/mol. The van der Waals surface area contributed by atoms with Gasteiger partial charge in [0.05, 0.1) is 38.5 Å². The van der Waals surface area contributed by atoms with Crippen LogP contribution in [-0.2, 0) is 9.53 Å². The molecule has 0 fully saturated rings. The van der Waals surface area contributed by atoms with E-state index >= 15 is 0 Å². The summed E-state index contributed by atoms with van der Waals surface area (Å²) in [7, 11) is 0. The molecule has 2 heterocycles.